The van der Waals surface area contributed by atoms with Gasteiger partial charge in [0.05, 0.1) is 0 Å². The lowest BCUT2D eigenvalue weighted by Crippen LogP contribution is -2.28. The first-order chi connectivity index (χ1) is 7.63. The third-order valence-electron chi connectivity index (χ3n) is 2.40. The maximum atomic E-state index is 5.41. The number of hydrogen-bond donors (Lipinski definition) is 2. The average Bonchev–Trinajstić information content (AvgIpc) is 2.27. The molecule has 5 heteroatoms. The number of nitrogens with two attached hydrogens (primary N) is 1. The summed E-state index contributed by atoms with van der Waals surface area (Å²) in [7, 11) is 6.24. The van der Waals surface area contributed by atoms with Crippen LogP contribution in [-0.2, 0) is 6.54 Å². The molecule has 0 spiro atoms. The molecule has 1 aromatic rings. The largest absolute Gasteiger partial charge is 0.308 e. The average molecular weight is 223 g/mol. The van der Waals surface area contributed by atoms with Crippen molar-refractivity contribution in [1.29, 1.82) is 0 Å². The maximum absolute atomic E-state index is 5.41. The molecule has 90 valence electrons. The first kappa shape index (κ1) is 12.9. The highest BCUT2D eigenvalue weighted by atomic mass is 15.3. The minimum Gasteiger partial charge on any atom is -0.308 e. The molecule has 1 rings (SSSR count). The zero-order valence-corrected chi connectivity index (χ0v) is 10.3. The smallest absolute Gasteiger partial charge is 0.144 e. The van der Waals surface area contributed by atoms with Crippen molar-refractivity contribution < 1.29 is 0 Å². The van der Waals surface area contributed by atoms with Gasteiger partial charge in [-0.1, -0.05) is 6.07 Å². The lowest BCUT2D eigenvalue weighted by Gasteiger charge is -2.20. The Morgan fingerprint density at radius 2 is 2.06 bits per heavy atom. The standard InChI is InChI=1S/C11H21N5/c1-15(2)7-8-16(3)9-10-5-4-6-13-11(10)14-12/h4-6H,7-9,12H2,1-3H3,(H,13,14). The van der Waals surface area contributed by atoms with Crippen molar-refractivity contribution in [2.75, 3.05) is 39.7 Å². The van der Waals surface area contributed by atoms with E-state index in [4.69, 9.17) is 5.84 Å². The number of hydrogen-bond acceptors (Lipinski definition) is 5. The van der Waals surface area contributed by atoms with Crippen molar-refractivity contribution in [3.63, 3.8) is 0 Å². The van der Waals surface area contributed by atoms with Gasteiger partial charge in [-0.3, -0.25) is 0 Å². The summed E-state index contributed by atoms with van der Waals surface area (Å²) in [5.74, 6) is 6.16. The molecule has 5 nitrogen and oxygen atoms in total. The van der Waals surface area contributed by atoms with Gasteiger partial charge in [0.2, 0.25) is 0 Å². The van der Waals surface area contributed by atoms with Crippen LogP contribution < -0.4 is 11.3 Å². The van der Waals surface area contributed by atoms with Gasteiger partial charge >= 0.3 is 0 Å². The van der Waals surface area contributed by atoms with E-state index in [-0.39, 0.29) is 0 Å². The van der Waals surface area contributed by atoms with Crippen LogP contribution in [0.5, 0.6) is 0 Å². The molecule has 0 unspecified atom stereocenters. The number of likely N-dealkylation sites (N-methyl/N-ethyl adjacent to an activating group) is 2. The number of nitrogen functional groups attached to an aromatic ring is 1. The van der Waals surface area contributed by atoms with Crippen molar-refractivity contribution in [2.24, 2.45) is 5.84 Å². The van der Waals surface area contributed by atoms with Crippen LogP contribution in [0.15, 0.2) is 18.3 Å². The molecule has 0 aromatic carbocycles. The van der Waals surface area contributed by atoms with E-state index in [1.54, 1.807) is 6.20 Å². The molecule has 0 aliphatic rings. The van der Waals surface area contributed by atoms with Crippen LogP contribution in [0.4, 0.5) is 5.82 Å². The van der Waals surface area contributed by atoms with Crippen molar-refractivity contribution >= 4 is 5.82 Å². The Balaban J connectivity index is 2.51. The minimum absolute atomic E-state index is 0.749. The Morgan fingerprint density at radius 3 is 2.69 bits per heavy atom. The molecule has 0 amide bonds. The number of aromatic nitrogens is 1. The third-order valence-corrected chi connectivity index (χ3v) is 2.40. The number of nitrogens with zero attached hydrogens (tertiary/aromatic N) is 3. The fourth-order valence-electron chi connectivity index (χ4n) is 1.44. The molecule has 0 bridgehead atoms. The van der Waals surface area contributed by atoms with Crippen LogP contribution in [0.1, 0.15) is 5.56 Å². The Morgan fingerprint density at radius 1 is 1.31 bits per heavy atom. The second kappa shape index (κ2) is 6.42. The number of nitrogens with one attached hydrogen (secondary N) is 1. The van der Waals surface area contributed by atoms with E-state index in [0.29, 0.717) is 0 Å². The summed E-state index contributed by atoms with van der Waals surface area (Å²) >= 11 is 0. The predicted molar refractivity (Wildman–Crippen MR) is 66.9 cm³/mol. The second-order valence-corrected chi connectivity index (χ2v) is 4.20. The number of anilines is 1. The summed E-state index contributed by atoms with van der Waals surface area (Å²) in [6.07, 6.45) is 1.73. The molecule has 0 aliphatic carbocycles. The zero-order valence-electron chi connectivity index (χ0n) is 10.3. The summed E-state index contributed by atoms with van der Waals surface area (Å²) in [5.41, 5.74) is 3.73. The van der Waals surface area contributed by atoms with E-state index in [1.165, 1.54) is 0 Å². The van der Waals surface area contributed by atoms with E-state index in [9.17, 15) is 0 Å². The Labute approximate surface area is 97.2 Å². The minimum atomic E-state index is 0.749. The second-order valence-electron chi connectivity index (χ2n) is 4.20. The molecule has 0 aliphatic heterocycles. The molecule has 0 atom stereocenters. The quantitative estimate of drug-likeness (QED) is 0.539. The van der Waals surface area contributed by atoms with E-state index in [0.717, 1.165) is 31.0 Å². The van der Waals surface area contributed by atoms with Crippen LogP contribution in [0.3, 0.4) is 0 Å². The van der Waals surface area contributed by atoms with E-state index in [1.807, 2.05) is 12.1 Å². The summed E-state index contributed by atoms with van der Waals surface area (Å²) in [4.78, 5) is 8.59. The predicted octanol–water partition coefficient (Wildman–Crippen LogP) is 0.361. The van der Waals surface area contributed by atoms with Gasteiger partial charge in [-0.25, -0.2) is 10.8 Å². The van der Waals surface area contributed by atoms with Crippen LogP contribution >= 0.6 is 0 Å². The number of rotatable bonds is 6. The third kappa shape index (κ3) is 4.14. The summed E-state index contributed by atoms with van der Waals surface area (Å²) < 4.78 is 0. The lowest BCUT2D eigenvalue weighted by atomic mass is 10.2. The van der Waals surface area contributed by atoms with Crippen molar-refractivity contribution in [3.05, 3.63) is 23.9 Å². The van der Waals surface area contributed by atoms with Gasteiger partial charge in [0.15, 0.2) is 0 Å². The molecule has 0 saturated carbocycles. The first-order valence-corrected chi connectivity index (χ1v) is 5.37. The molecule has 16 heavy (non-hydrogen) atoms. The Hall–Kier alpha value is -1.17. The maximum Gasteiger partial charge on any atom is 0.144 e. The molecule has 0 saturated heterocycles. The fourth-order valence-corrected chi connectivity index (χ4v) is 1.44. The van der Waals surface area contributed by atoms with Crippen LogP contribution in [0.2, 0.25) is 0 Å². The Bertz CT molecular complexity index is 313. The van der Waals surface area contributed by atoms with Gasteiger partial charge in [0, 0.05) is 31.4 Å². The Kier molecular flexibility index (Phi) is 5.18. The number of pyridine rings is 1. The summed E-state index contributed by atoms with van der Waals surface area (Å²) in [6, 6.07) is 3.96. The van der Waals surface area contributed by atoms with Gasteiger partial charge in [-0.15, -0.1) is 0 Å². The molecular weight excluding hydrogens is 202 g/mol. The molecule has 0 fully saturated rings. The van der Waals surface area contributed by atoms with E-state index < -0.39 is 0 Å². The molecule has 1 aromatic heterocycles. The monoisotopic (exact) mass is 223 g/mol. The van der Waals surface area contributed by atoms with E-state index in [2.05, 4.69) is 41.4 Å². The highest BCUT2D eigenvalue weighted by Crippen LogP contribution is 2.11. The van der Waals surface area contributed by atoms with Gasteiger partial charge in [0.1, 0.15) is 5.82 Å². The molecule has 1 heterocycles. The van der Waals surface area contributed by atoms with Crippen molar-refractivity contribution in [1.82, 2.24) is 14.8 Å². The highest BCUT2D eigenvalue weighted by molar-refractivity contribution is 5.42. The van der Waals surface area contributed by atoms with Crippen LogP contribution in [-0.4, -0.2) is 49.0 Å². The van der Waals surface area contributed by atoms with Gasteiger partial charge in [0.25, 0.3) is 0 Å². The summed E-state index contributed by atoms with van der Waals surface area (Å²) in [6.45, 7) is 2.91. The van der Waals surface area contributed by atoms with Gasteiger partial charge in [-0.2, -0.15) is 0 Å². The highest BCUT2D eigenvalue weighted by Gasteiger charge is 2.05. The molecule has 0 radical (unpaired) electrons. The van der Waals surface area contributed by atoms with Crippen LogP contribution in [0.25, 0.3) is 0 Å². The van der Waals surface area contributed by atoms with Gasteiger partial charge in [-0.05, 0) is 27.2 Å². The number of hydrazine groups is 1. The first-order valence-electron chi connectivity index (χ1n) is 5.37. The van der Waals surface area contributed by atoms with Crippen molar-refractivity contribution in [3.8, 4) is 0 Å². The van der Waals surface area contributed by atoms with Crippen LogP contribution in [0, 0.1) is 0 Å². The van der Waals surface area contributed by atoms with Crippen molar-refractivity contribution in [2.45, 2.75) is 6.54 Å². The normalized spacial score (nSPS) is 11.1. The molecule has 3 N–H and O–H groups in total. The van der Waals surface area contributed by atoms with Gasteiger partial charge < -0.3 is 15.2 Å². The molecular formula is C11H21N5. The zero-order chi connectivity index (χ0) is 12.0. The SMILES string of the molecule is CN(C)CCN(C)Cc1cccnc1NN. The summed E-state index contributed by atoms with van der Waals surface area (Å²) in [5, 5.41) is 0. The topological polar surface area (TPSA) is 57.4 Å². The van der Waals surface area contributed by atoms with E-state index >= 15 is 0 Å². The lowest BCUT2D eigenvalue weighted by molar-refractivity contribution is 0.276. The fraction of sp³-hybridized carbons (Fsp3) is 0.545.